The summed E-state index contributed by atoms with van der Waals surface area (Å²) in [6.07, 6.45) is 0. The van der Waals surface area contributed by atoms with Gasteiger partial charge < -0.3 is 9.84 Å². The van der Waals surface area contributed by atoms with Gasteiger partial charge in [0.25, 0.3) is 5.91 Å². The van der Waals surface area contributed by atoms with Crippen molar-refractivity contribution < 1.29 is 22.9 Å². The fourth-order valence-electron chi connectivity index (χ4n) is 2.44. The molecule has 3 rings (SSSR count). The van der Waals surface area contributed by atoms with Gasteiger partial charge in [-0.05, 0) is 32.0 Å². The van der Waals surface area contributed by atoms with Gasteiger partial charge in [-0.3, -0.25) is 9.69 Å². The molecular formula is C14H12F2N4O3. The molecule has 0 aliphatic carbocycles. The van der Waals surface area contributed by atoms with Crippen molar-refractivity contribution in [2.24, 2.45) is 0 Å². The van der Waals surface area contributed by atoms with Crippen LogP contribution in [0.15, 0.2) is 22.7 Å². The molecule has 2 aromatic rings. The van der Waals surface area contributed by atoms with E-state index in [9.17, 15) is 18.4 Å². The summed E-state index contributed by atoms with van der Waals surface area (Å²) in [5.74, 6) is -1.82. The van der Waals surface area contributed by atoms with E-state index in [2.05, 4.69) is 15.5 Å². The lowest BCUT2D eigenvalue weighted by Gasteiger charge is -2.22. The van der Waals surface area contributed by atoms with E-state index in [1.54, 1.807) is 6.92 Å². The summed E-state index contributed by atoms with van der Waals surface area (Å²) >= 11 is 0. The zero-order chi connectivity index (χ0) is 16.8. The highest BCUT2D eigenvalue weighted by Gasteiger charge is 2.50. The van der Waals surface area contributed by atoms with E-state index in [-0.39, 0.29) is 18.0 Å². The van der Waals surface area contributed by atoms with Crippen LogP contribution in [-0.2, 0) is 16.9 Å². The number of aromatic nitrogens is 2. The van der Waals surface area contributed by atoms with Crippen LogP contribution >= 0.6 is 0 Å². The molecule has 7 nitrogen and oxygen atoms in total. The number of carbonyl (C=O) groups is 2. The number of hydrogen-bond acceptors (Lipinski definition) is 5. The zero-order valence-electron chi connectivity index (χ0n) is 12.3. The molecule has 0 unspecified atom stereocenters. The molecule has 1 aliphatic rings. The van der Waals surface area contributed by atoms with Crippen LogP contribution in [0, 0.1) is 18.6 Å². The monoisotopic (exact) mass is 322 g/mol. The highest BCUT2D eigenvalue weighted by atomic mass is 19.1. The summed E-state index contributed by atoms with van der Waals surface area (Å²) in [4.78, 5) is 29.4. The van der Waals surface area contributed by atoms with Crippen molar-refractivity contribution in [3.8, 4) is 0 Å². The topological polar surface area (TPSA) is 88.3 Å². The molecule has 23 heavy (non-hydrogen) atoms. The van der Waals surface area contributed by atoms with Gasteiger partial charge in [-0.25, -0.2) is 13.6 Å². The molecule has 1 aliphatic heterocycles. The van der Waals surface area contributed by atoms with Crippen LogP contribution in [0.25, 0.3) is 0 Å². The van der Waals surface area contributed by atoms with Gasteiger partial charge in [0.1, 0.15) is 23.7 Å². The summed E-state index contributed by atoms with van der Waals surface area (Å²) in [5.41, 5.74) is -1.96. The Morgan fingerprint density at radius 2 is 2.09 bits per heavy atom. The Kier molecular flexibility index (Phi) is 3.35. The third kappa shape index (κ3) is 2.43. The average Bonchev–Trinajstić information content (AvgIpc) is 2.99. The summed E-state index contributed by atoms with van der Waals surface area (Å²) < 4.78 is 32.3. The smallest absolute Gasteiger partial charge is 0.325 e. The van der Waals surface area contributed by atoms with Gasteiger partial charge in [-0.2, -0.15) is 4.98 Å². The van der Waals surface area contributed by atoms with Crippen LogP contribution in [0.3, 0.4) is 0 Å². The second-order valence-corrected chi connectivity index (χ2v) is 5.31. The number of carbonyl (C=O) groups excluding carboxylic acids is 2. The molecule has 0 saturated carbocycles. The van der Waals surface area contributed by atoms with Crippen molar-refractivity contribution in [1.29, 1.82) is 0 Å². The van der Waals surface area contributed by atoms with Gasteiger partial charge in [0.2, 0.25) is 5.89 Å². The van der Waals surface area contributed by atoms with Crippen LogP contribution in [-0.4, -0.2) is 27.0 Å². The molecular weight excluding hydrogens is 310 g/mol. The maximum atomic E-state index is 14.0. The fraction of sp³-hybridized carbons (Fsp3) is 0.286. The predicted octanol–water partition coefficient (Wildman–Crippen LogP) is 1.62. The highest BCUT2D eigenvalue weighted by molar-refractivity contribution is 6.07. The molecule has 1 fully saturated rings. The van der Waals surface area contributed by atoms with Gasteiger partial charge in [0, 0.05) is 5.56 Å². The highest BCUT2D eigenvalue weighted by Crippen LogP contribution is 2.31. The Morgan fingerprint density at radius 1 is 1.35 bits per heavy atom. The minimum Gasteiger partial charge on any atom is -0.337 e. The molecule has 9 heteroatoms. The van der Waals surface area contributed by atoms with Crippen LogP contribution in [0.5, 0.6) is 0 Å². The maximum Gasteiger partial charge on any atom is 0.325 e. The maximum absolute atomic E-state index is 14.0. The molecule has 1 aromatic heterocycles. The molecule has 1 N–H and O–H groups in total. The minimum absolute atomic E-state index is 0.0648. The van der Waals surface area contributed by atoms with Gasteiger partial charge in [0.05, 0.1) is 0 Å². The minimum atomic E-state index is -1.71. The Morgan fingerprint density at radius 3 is 2.74 bits per heavy atom. The van der Waals surface area contributed by atoms with Crippen molar-refractivity contribution in [2.75, 3.05) is 0 Å². The first-order valence-electron chi connectivity index (χ1n) is 6.70. The number of hydrogen-bond donors (Lipinski definition) is 1. The number of amides is 3. The number of rotatable bonds is 3. The Labute approximate surface area is 129 Å². The normalized spacial score (nSPS) is 21.0. The number of urea groups is 1. The lowest BCUT2D eigenvalue weighted by atomic mass is 9.91. The van der Waals surface area contributed by atoms with Crippen molar-refractivity contribution >= 4 is 11.9 Å². The number of imide groups is 1. The molecule has 120 valence electrons. The fourth-order valence-corrected chi connectivity index (χ4v) is 2.44. The molecule has 3 amide bonds. The molecule has 1 aromatic carbocycles. The third-order valence-electron chi connectivity index (χ3n) is 3.61. The number of aryl methyl sites for hydroxylation is 1. The predicted molar refractivity (Wildman–Crippen MR) is 71.8 cm³/mol. The lowest BCUT2D eigenvalue weighted by molar-refractivity contribution is -0.131. The molecule has 1 atom stereocenters. The second kappa shape index (κ2) is 5.11. The lowest BCUT2D eigenvalue weighted by Crippen LogP contribution is -2.41. The standard InChI is InChI=1S/C14H12F2N4O3/c1-7-17-11(23-19-7)6-20-12(21)14(2,18-13(20)22)9-5-8(15)3-4-10(9)16/h3-5H,6H2,1-2H3,(H,18,22)/t14-/m1/s1. The van der Waals surface area contributed by atoms with Crippen molar-refractivity contribution in [3.63, 3.8) is 0 Å². The summed E-state index contributed by atoms with van der Waals surface area (Å²) in [6.45, 7) is 2.65. The van der Waals surface area contributed by atoms with E-state index < -0.39 is 29.1 Å². The molecule has 2 heterocycles. The van der Waals surface area contributed by atoms with Crippen molar-refractivity contribution in [3.05, 3.63) is 47.1 Å². The van der Waals surface area contributed by atoms with Crippen LogP contribution < -0.4 is 5.32 Å². The molecule has 0 bridgehead atoms. The van der Waals surface area contributed by atoms with E-state index in [4.69, 9.17) is 4.52 Å². The average molecular weight is 322 g/mol. The van der Waals surface area contributed by atoms with Crippen LogP contribution in [0.4, 0.5) is 13.6 Å². The van der Waals surface area contributed by atoms with Gasteiger partial charge in [-0.15, -0.1) is 0 Å². The first kappa shape index (κ1) is 15.1. The SMILES string of the molecule is Cc1noc(CN2C(=O)N[C@](C)(c3cc(F)ccc3F)C2=O)n1. The number of benzene rings is 1. The first-order valence-corrected chi connectivity index (χ1v) is 6.70. The Balaban J connectivity index is 1.95. The largest absolute Gasteiger partial charge is 0.337 e. The number of nitrogens with one attached hydrogen (secondary N) is 1. The van der Waals surface area contributed by atoms with E-state index in [0.29, 0.717) is 5.82 Å². The zero-order valence-corrected chi connectivity index (χ0v) is 12.3. The van der Waals surface area contributed by atoms with Gasteiger partial charge in [-0.1, -0.05) is 5.16 Å². The third-order valence-corrected chi connectivity index (χ3v) is 3.61. The number of nitrogens with zero attached hydrogens (tertiary/aromatic N) is 3. The van der Waals surface area contributed by atoms with Crippen LogP contribution in [0.1, 0.15) is 24.2 Å². The molecule has 0 radical (unpaired) electrons. The summed E-state index contributed by atoms with van der Waals surface area (Å²) in [5, 5.41) is 5.95. The summed E-state index contributed by atoms with van der Waals surface area (Å²) in [7, 11) is 0. The van der Waals surface area contributed by atoms with Gasteiger partial charge >= 0.3 is 6.03 Å². The van der Waals surface area contributed by atoms with Crippen molar-refractivity contribution in [1.82, 2.24) is 20.4 Å². The molecule has 1 saturated heterocycles. The van der Waals surface area contributed by atoms with Crippen LogP contribution in [0.2, 0.25) is 0 Å². The van der Waals surface area contributed by atoms with E-state index in [1.807, 2.05) is 0 Å². The Bertz CT molecular complexity index is 807. The molecule has 0 spiro atoms. The van der Waals surface area contributed by atoms with E-state index in [1.165, 1.54) is 6.92 Å². The summed E-state index contributed by atoms with van der Waals surface area (Å²) in [6, 6.07) is 1.97. The van der Waals surface area contributed by atoms with Gasteiger partial charge in [0.15, 0.2) is 5.82 Å². The Hall–Kier alpha value is -2.84. The first-order chi connectivity index (χ1) is 10.8. The van der Waals surface area contributed by atoms with E-state index in [0.717, 1.165) is 23.1 Å². The number of halogens is 2. The van der Waals surface area contributed by atoms with E-state index >= 15 is 0 Å². The quantitative estimate of drug-likeness (QED) is 0.868. The van der Waals surface area contributed by atoms with Crippen molar-refractivity contribution in [2.45, 2.75) is 25.9 Å². The second-order valence-electron chi connectivity index (χ2n) is 5.31.